The van der Waals surface area contributed by atoms with E-state index in [2.05, 4.69) is 20.0 Å². The molecule has 2 aromatic carbocycles. The fraction of sp³-hybridized carbons (Fsp3) is 0.296. The molecule has 1 N–H and O–H groups in total. The Hall–Kier alpha value is -3.89. The fourth-order valence-corrected chi connectivity index (χ4v) is 4.29. The van der Waals surface area contributed by atoms with Crippen molar-refractivity contribution >= 4 is 23.0 Å². The Morgan fingerprint density at radius 2 is 1.71 bits per heavy atom. The van der Waals surface area contributed by atoms with Crippen LogP contribution >= 0.6 is 0 Å². The normalized spacial score (nSPS) is 15.9. The first-order valence-electron chi connectivity index (χ1n) is 11.8. The molecule has 1 aromatic heterocycles. The lowest BCUT2D eigenvalue weighted by atomic mass is 9.98. The Bertz CT molecular complexity index is 1440. The predicted molar refractivity (Wildman–Crippen MR) is 129 cm³/mol. The van der Waals surface area contributed by atoms with Crippen LogP contribution in [-0.2, 0) is 11.0 Å². The number of aryl methyl sites for hydroxylation is 1. The number of amides is 1. The van der Waals surface area contributed by atoms with Gasteiger partial charge in [-0.05, 0) is 60.7 Å². The third-order valence-electron chi connectivity index (χ3n) is 6.15. The van der Waals surface area contributed by atoms with E-state index >= 15 is 0 Å². The molecule has 0 bridgehead atoms. The van der Waals surface area contributed by atoms with Crippen molar-refractivity contribution in [3.8, 4) is 16.9 Å². The van der Waals surface area contributed by atoms with Gasteiger partial charge in [0.2, 0.25) is 5.91 Å². The second-order valence-corrected chi connectivity index (χ2v) is 9.33. The van der Waals surface area contributed by atoms with E-state index in [-0.39, 0.29) is 23.5 Å². The van der Waals surface area contributed by atoms with Crippen molar-refractivity contribution < 1.29 is 35.9 Å². The van der Waals surface area contributed by atoms with Gasteiger partial charge >= 0.3 is 12.4 Å². The zero-order valence-electron chi connectivity index (χ0n) is 20.0. The molecule has 38 heavy (non-hydrogen) atoms. The summed E-state index contributed by atoms with van der Waals surface area (Å²) in [6, 6.07) is 12.4. The number of halogens is 6. The number of anilines is 1. The number of nitrogens with zero attached hydrogens (tertiary/aromatic N) is 2. The lowest BCUT2D eigenvalue weighted by molar-refractivity contribution is -0.158. The van der Waals surface area contributed by atoms with Gasteiger partial charge in [-0.25, -0.2) is 4.99 Å². The topological polar surface area (TPSA) is 63.6 Å². The van der Waals surface area contributed by atoms with E-state index in [1.54, 1.807) is 12.1 Å². The smallest absolute Gasteiger partial charge is 0.422 e. The number of benzene rings is 2. The van der Waals surface area contributed by atoms with Crippen molar-refractivity contribution in [2.45, 2.75) is 44.5 Å². The Morgan fingerprint density at radius 3 is 2.39 bits per heavy atom. The molecule has 0 atom stereocenters. The maximum absolute atomic E-state index is 13.6. The number of pyridine rings is 1. The van der Waals surface area contributed by atoms with Crippen LogP contribution in [0, 0.1) is 6.92 Å². The summed E-state index contributed by atoms with van der Waals surface area (Å²) in [5.41, 5.74) is 2.58. The molecule has 5 nitrogen and oxygen atoms in total. The zero-order valence-corrected chi connectivity index (χ0v) is 20.0. The number of carbonyl (C=O) groups is 1. The fourth-order valence-electron chi connectivity index (χ4n) is 4.29. The molecule has 1 fully saturated rings. The average molecular weight is 533 g/mol. The van der Waals surface area contributed by atoms with Crippen molar-refractivity contribution in [1.29, 1.82) is 0 Å². The van der Waals surface area contributed by atoms with E-state index in [1.165, 1.54) is 0 Å². The minimum atomic E-state index is -5.02. The standard InChI is InChI=1S/C27H21F6N3O2/c1-14-7-18(9-20(34-14)15-5-6-15)16-3-2-4-17(8-16)21-12-25(37)36-22-10-19(27(31,32)33)24(11-23(22)35-21)38-13-26(28,29)30/h2-4,7-11,15H,5-6,12-13H2,1H3,(H,36,37). The number of ether oxygens (including phenoxy) is 1. The second-order valence-electron chi connectivity index (χ2n) is 9.33. The van der Waals surface area contributed by atoms with E-state index in [9.17, 15) is 31.1 Å². The summed E-state index contributed by atoms with van der Waals surface area (Å²) in [6.07, 6.45) is -7.93. The molecule has 1 aliphatic carbocycles. The molecule has 0 spiro atoms. The van der Waals surface area contributed by atoms with Crippen LogP contribution in [0.15, 0.2) is 53.5 Å². The summed E-state index contributed by atoms with van der Waals surface area (Å²) in [5.74, 6) is -1.19. The van der Waals surface area contributed by atoms with E-state index in [0.29, 0.717) is 17.5 Å². The first-order chi connectivity index (χ1) is 17.9. The maximum Gasteiger partial charge on any atom is 0.422 e. The Labute approximate surface area is 213 Å². The molecule has 1 aliphatic heterocycles. The van der Waals surface area contributed by atoms with Gasteiger partial charge in [0.15, 0.2) is 6.61 Å². The minimum absolute atomic E-state index is 0.141. The Balaban J connectivity index is 1.56. The number of alkyl halides is 6. The van der Waals surface area contributed by atoms with Crippen LogP contribution in [0.5, 0.6) is 5.75 Å². The van der Waals surface area contributed by atoms with Crippen LogP contribution in [0.3, 0.4) is 0 Å². The quantitative estimate of drug-likeness (QED) is 0.349. The van der Waals surface area contributed by atoms with Gasteiger partial charge in [0.05, 0.1) is 29.1 Å². The summed E-state index contributed by atoms with van der Waals surface area (Å²) >= 11 is 0. The van der Waals surface area contributed by atoms with E-state index in [0.717, 1.165) is 41.4 Å². The lowest BCUT2D eigenvalue weighted by Gasteiger charge is -2.17. The van der Waals surface area contributed by atoms with Crippen LogP contribution in [-0.4, -0.2) is 29.4 Å². The summed E-state index contributed by atoms with van der Waals surface area (Å²) in [6.45, 7) is -0.00241. The molecule has 11 heteroatoms. The van der Waals surface area contributed by atoms with Gasteiger partial charge in [0.1, 0.15) is 5.75 Å². The lowest BCUT2D eigenvalue weighted by Crippen LogP contribution is -2.21. The molecule has 2 aliphatic rings. The highest BCUT2D eigenvalue weighted by molar-refractivity contribution is 6.17. The summed E-state index contributed by atoms with van der Waals surface area (Å²) in [7, 11) is 0. The average Bonchev–Trinajstić information content (AvgIpc) is 3.68. The van der Waals surface area contributed by atoms with Gasteiger partial charge in [0, 0.05) is 23.4 Å². The Morgan fingerprint density at radius 1 is 0.974 bits per heavy atom. The molecular formula is C27H21F6N3O2. The molecular weight excluding hydrogens is 512 g/mol. The van der Waals surface area contributed by atoms with Crippen LogP contribution < -0.4 is 10.1 Å². The second kappa shape index (κ2) is 9.45. The van der Waals surface area contributed by atoms with Crippen molar-refractivity contribution in [2.75, 3.05) is 11.9 Å². The molecule has 0 saturated heterocycles. The molecule has 0 radical (unpaired) electrons. The first-order valence-corrected chi connectivity index (χ1v) is 11.8. The largest absolute Gasteiger partial charge is 0.483 e. The van der Waals surface area contributed by atoms with Gasteiger partial charge in [0.25, 0.3) is 0 Å². The highest BCUT2D eigenvalue weighted by Gasteiger charge is 2.38. The van der Waals surface area contributed by atoms with Gasteiger partial charge in [-0.2, -0.15) is 26.3 Å². The zero-order chi connectivity index (χ0) is 27.2. The van der Waals surface area contributed by atoms with Crippen molar-refractivity contribution in [3.05, 3.63) is 71.0 Å². The van der Waals surface area contributed by atoms with E-state index < -0.39 is 36.2 Å². The van der Waals surface area contributed by atoms with Gasteiger partial charge in [-0.15, -0.1) is 0 Å². The number of carbonyl (C=O) groups excluding carboxylic acids is 1. The number of aliphatic imine (C=N–C) groups is 1. The van der Waals surface area contributed by atoms with Crippen molar-refractivity contribution in [2.24, 2.45) is 4.99 Å². The first kappa shape index (κ1) is 25.7. The Kier molecular flexibility index (Phi) is 6.40. The molecule has 0 unspecified atom stereocenters. The third kappa shape index (κ3) is 5.81. The van der Waals surface area contributed by atoms with Gasteiger partial charge in [-0.3, -0.25) is 9.78 Å². The van der Waals surface area contributed by atoms with Crippen LogP contribution in [0.4, 0.5) is 37.7 Å². The van der Waals surface area contributed by atoms with E-state index in [4.69, 9.17) is 0 Å². The highest BCUT2D eigenvalue weighted by atomic mass is 19.4. The third-order valence-corrected chi connectivity index (χ3v) is 6.15. The van der Waals surface area contributed by atoms with Gasteiger partial charge < -0.3 is 10.1 Å². The van der Waals surface area contributed by atoms with Crippen molar-refractivity contribution in [1.82, 2.24) is 4.98 Å². The summed E-state index contributed by atoms with van der Waals surface area (Å²) < 4.78 is 83.3. The van der Waals surface area contributed by atoms with Crippen molar-refractivity contribution in [3.63, 3.8) is 0 Å². The number of hydrogen-bond acceptors (Lipinski definition) is 4. The predicted octanol–water partition coefficient (Wildman–Crippen LogP) is 7.36. The van der Waals surface area contributed by atoms with Crippen LogP contribution in [0.2, 0.25) is 0 Å². The minimum Gasteiger partial charge on any atom is -0.483 e. The molecule has 2 heterocycles. The highest BCUT2D eigenvalue weighted by Crippen LogP contribution is 2.44. The number of nitrogens with one attached hydrogen (secondary N) is 1. The summed E-state index contributed by atoms with van der Waals surface area (Å²) in [4.78, 5) is 21.6. The molecule has 1 amide bonds. The van der Waals surface area contributed by atoms with Crippen LogP contribution in [0.1, 0.15) is 47.7 Å². The molecule has 198 valence electrons. The number of aromatic nitrogens is 1. The number of hydrogen-bond donors (Lipinski definition) is 1. The van der Waals surface area contributed by atoms with Gasteiger partial charge in [-0.1, -0.05) is 18.2 Å². The van der Waals surface area contributed by atoms with Crippen LogP contribution in [0.25, 0.3) is 11.1 Å². The van der Waals surface area contributed by atoms with E-state index in [1.807, 2.05) is 31.2 Å². The SMILES string of the molecule is Cc1cc(-c2cccc(C3=Nc4cc(OCC(F)(F)F)c(C(F)(F)F)cc4NC(=O)C3)c2)cc(C2CC2)n1. The molecule has 3 aromatic rings. The number of rotatable bonds is 5. The maximum atomic E-state index is 13.6. The summed E-state index contributed by atoms with van der Waals surface area (Å²) in [5, 5.41) is 2.38. The molecule has 5 rings (SSSR count). The molecule has 1 saturated carbocycles. The number of fused-ring (bicyclic) bond motifs is 1. The monoisotopic (exact) mass is 533 g/mol.